The van der Waals surface area contributed by atoms with Crippen molar-refractivity contribution in [1.82, 2.24) is 20.5 Å². The van der Waals surface area contributed by atoms with Crippen molar-refractivity contribution in [1.29, 1.82) is 0 Å². The number of benzene rings is 1. The van der Waals surface area contributed by atoms with Crippen molar-refractivity contribution in [3.05, 3.63) is 62.1 Å². The van der Waals surface area contributed by atoms with Gasteiger partial charge >= 0.3 is 0 Å². The molecule has 0 bridgehead atoms. The van der Waals surface area contributed by atoms with E-state index in [9.17, 15) is 14.4 Å². The van der Waals surface area contributed by atoms with Crippen LogP contribution in [0, 0.1) is 19.8 Å². The van der Waals surface area contributed by atoms with E-state index in [-0.39, 0.29) is 23.9 Å². The maximum absolute atomic E-state index is 14.0. The molecule has 2 aromatic rings. The molecule has 2 saturated heterocycles. The molecule has 6 rings (SSSR count). The van der Waals surface area contributed by atoms with E-state index in [4.69, 9.17) is 0 Å². The fourth-order valence-corrected chi connectivity index (χ4v) is 7.57. The molecule has 9 nitrogen and oxygen atoms in total. The Labute approximate surface area is 261 Å². The smallest absolute Gasteiger partial charge is 0.253 e. The first-order chi connectivity index (χ1) is 21.3. The Kier molecular flexibility index (Phi) is 9.12. The topological polar surface area (TPSA) is 101 Å². The Hall–Kier alpha value is -3.59. The summed E-state index contributed by atoms with van der Waals surface area (Å²) in [5.74, 6) is 0.260. The van der Waals surface area contributed by atoms with Crippen LogP contribution in [-0.4, -0.2) is 73.6 Å². The molecule has 0 unspecified atom stereocenters. The number of aryl methyl sites for hydroxylation is 2. The number of carbonyl (C=O) groups excluding carboxylic acids is 2. The van der Waals surface area contributed by atoms with Crippen LogP contribution in [0.2, 0.25) is 0 Å². The fourth-order valence-electron chi connectivity index (χ4n) is 7.57. The monoisotopic (exact) mass is 600 g/mol. The van der Waals surface area contributed by atoms with E-state index in [1.165, 1.54) is 31.3 Å². The number of rotatable bonds is 7. The molecule has 2 amide bonds. The number of anilines is 2. The van der Waals surface area contributed by atoms with E-state index in [0.717, 1.165) is 80.2 Å². The van der Waals surface area contributed by atoms with Gasteiger partial charge in [0.2, 0.25) is 5.91 Å². The average Bonchev–Trinajstić information content (AvgIpc) is 3.58. The predicted octanol–water partition coefficient (Wildman–Crippen LogP) is 4.13. The van der Waals surface area contributed by atoms with Crippen LogP contribution in [0.1, 0.15) is 84.6 Å². The number of carbonyl (C=O) groups is 2. The van der Waals surface area contributed by atoms with Gasteiger partial charge in [0.1, 0.15) is 0 Å². The van der Waals surface area contributed by atoms with Crippen LogP contribution in [0.5, 0.6) is 0 Å². The van der Waals surface area contributed by atoms with Gasteiger partial charge in [0, 0.05) is 79.4 Å². The summed E-state index contributed by atoms with van der Waals surface area (Å²) in [6.45, 7) is 11.8. The highest BCUT2D eigenvalue weighted by Crippen LogP contribution is 2.40. The summed E-state index contributed by atoms with van der Waals surface area (Å²) in [6.07, 6.45) is 9.83. The molecule has 3 N–H and O–H groups in total. The zero-order valence-corrected chi connectivity index (χ0v) is 26.6. The Morgan fingerprint density at radius 2 is 1.70 bits per heavy atom. The third-order valence-electron chi connectivity index (χ3n) is 10.2. The lowest BCUT2D eigenvalue weighted by Gasteiger charge is -2.40. The summed E-state index contributed by atoms with van der Waals surface area (Å²) in [5, 5.41) is 6.45. The SMILES string of the molecule is CCC1=Cc2c(C(=O)NCc3c(C)cc(C)[nH]c3=O)cc(N3CCN(C(=O)C4CCNCC4)CC3)cc2N(C2CCCC2)C1. The third-order valence-corrected chi connectivity index (χ3v) is 10.2. The van der Waals surface area contributed by atoms with Crippen LogP contribution in [-0.2, 0) is 11.3 Å². The molecule has 3 aliphatic heterocycles. The van der Waals surface area contributed by atoms with Gasteiger partial charge in [-0.1, -0.05) is 31.4 Å². The Morgan fingerprint density at radius 1 is 0.977 bits per heavy atom. The number of hydrogen-bond donors (Lipinski definition) is 3. The standard InChI is InChI=1S/C35H48N6O3/c1-4-25-18-29-30(33(42)37-21-31-23(2)17-24(3)38-34(31)43)19-28(20-32(29)41(22-25)27-7-5-6-8-27)39-13-15-40(16-14-39)35(44)26-9-11-36-12-10-26/h17-20,26-27,36H,4-16,21-22H2,1-3H3,(H,37,42)(H,38,43). The van der Waals surface area contributed by atoms with Gasteiger partial charge in [0.15, 0.2) is 0 Å². The summed E-state index contributed by atoms with van der Waals surface area (Å²) in [5.41, 5.74) is 7.25. The first-order valence-electron chi connectivity index (χ1n) is 16.7. The normalized spacial score (nSPS) is 19.6. The zero-order valence-electron chi connectivity index (χ0n) is 26.6. The minimum atomic E-state index is -0.165. The highest BCUT2D eigenvalue weighted by atomic mass is 16.2. The van der Waals surface area contributed by atoms with Gasteiger partial charge in [-0.2, -0.15) is 0 Å². The Bertz CT molecular complexity index is 1480. The number of aromatic amines is 1. The second kappa shape index (κ2) is 13.2. The second-order valence-electron chi connectivity index (χ2n) is 13.1. The molecular formula is C35H48N6O3. The molecule has 4 aliphatic rings. The number of pyridine rings is 1. The average molecular weight is 601 g/mol. The van der Waals surface area contributed by atoms with Crippen molar-refractivity contribution < 1.29 is 9.59 Å². The lowest BCUT2D eigenvalue weighted by molar-refractivity contribution is -0.136. The van der Waals surface area contributed by atoms with Gasteiger partial charge in [-0.3, -0.25) is 14.4 Å². The first-order valence-corrected chi connectivity index (χ1v) is 16.7. The van der Waals surface area contributed by atoms with Crippen LogP contribution < -0.4 is 26.0 Å². The van der Waals surface area contributed by atoms with E-state index in [2.05, 4.69) is 44.5 Å². The number of fused-ring (bicyclic) bond motifs is 1. The molecule has 0 spiro atoms. The zero-order chi connectivity index (χ0) is 30.8. The van der Waals surface area contributed by atoms with Crippen molar-refractivity contribution in [2.75, 3.05) is 55.6 Å². The highest BCUT2D eigenvalue weighted by Gasteiger charge is 2.32. The molecule has 0 atom stereocenters. The molecule has 44 heavy (non-hydrogen) atoms. The van der Waals surface area contributed by atoms with Gasteiger partial charge in [0.25, 0.3) is 11.5 Å². The predicted molar refractivity (Wildman–Crippen MR) is 176 cm³/mol. The van der Waals surface area contributed by atoms with E-state index in [1.54, 1.807) is 0 Å². The van der Waals surface area contributed by atoms with Gasteiger partial charge in [0.05, 0.1) is 5.56 Å². The molecule has 1 aromatic heterocycles. The highest BCUT2D eigenvalue weighted by molar-refractivity contribution is 6.02. The summed E-state index contributed by atoms with van der Waals surface area (Å²) in [6, 6.07) is 6.74. The Morgan fingerprint density at radius 3 is 2.39 bits per heavy atom. The van der Waals surface area contributed by atoms with Gasteiger partial charge in [-0.15, -0.1) is 0 Å². The molecule has 236 valence electrons. The second-order valence-corrected chi connectivity index (χ2v) is 13.1. The van der Waals surface area contributed by atoms with Gasteiger partial charge < -0.3 is 30.3 Å². The number of piperazine rings is 1. The van der Waals surface area contributed by atoms with E-state index in [0.29, 0.717) is 36.2 Å². The van der Waals surface area contributed by atoms with Crippen molar-refractivity contribution >= 4 is 29.3 Å². The molecule has 1 aromatic carbocycles. The van der Waals surface area contributed by atoms with Crippen molar-refractivity contribution in [3.63, 3.8) is 0 Å². The molecule has 0 radical (unpaired) electrons. The third kappa shape index (κ3) is 6.29. The summed E-state index contributed by atoms with van der Waals surface area (Å²) in [7, 11) is 0. The number of piperidine rings is 1. The van der Waals surface area contributed by atoms with Crippen molar-refractivity contribution in [3.8, 4) is 0 Å². The quantitative estimate of drug-likeness (QED) is 0.442. The number of H-pyrrole nitrogens is 1. The minimum absolute atomic E-state index is 0.130. The maximum atomic E-state index is 14.0. The lowest BCUT2D eigenvalue weighted by Crippen LogP contribution is -2.51. The largest absolute Gasteiger partial charge is 0.368 e. The van der Waals surface area contributed by atoms with Crippen LogP contribution >= 0.6 is 0 Å². The fraction of sp³-hybridized carbons (Fsp3) is 0.571. The number of aromatic nitrogens is 1. The first kappa shape index (κ1) is 30.4. The van der Waals surface area contributed by atoms with E-state index in [1.807, 2.05) is 30.9 Å². The summed E-state index contributed by atoms with van der Waals surface area (Å²) < 4.78 is 0. The van der Waals surface area contributed by atoms with Crippen molar-refractivity contribution in [2.24, 2.45) is 5.92 Å². The molecule has 9 heteroatoms. The van der Waals surface area contributed by atoms with E-state index >= 15 is 0 Å². The molecule has 1 saturated carbocycles. The Balaban J connectivity index is 1.30. The maximum Gasteiger partial charge on any atom is 0.253 e. The molecular weight excluding hydrogens is 552 g/mol. The van der Waals surface area contributed by atoms with Crippen LogP contribution in [0.3, 0.4) is 0 Å². The van der Waals surface area contributed by atoms with Gasteiger partial charge in [-0.25, -0.2) is 0 Å². The number of amides is 2. The van der Waals surface area contributed by atoms with E-state index < -0.39 is 0 Å². The van der Waals surface area contributed by atoms with Crippen LogP contribution in [0.15, 0.2) is 28.6 Å². The molecule has 1 aliphatic carbocycles. The summed E-state index contributed by atoms with van der Waals surface area (Å²) in [4.78, 5) is 49.7. The van der Waals surface area contributed by atoms with Crippen LogP contribution in [0.25, 0.3) is 6.08 Å². The summed E-state index contributed by atoms with van der Waals surface area (Å²) >= 11 is 0. The number of nitrogens with one attached hydrogen (secondary N) is 3. The van der Waals surface area contributed by atoms with Crippen molar-refractivity contribution in [2.45, 2.75) is 78.3 Å². The minimum Gasteiger partial charge on any atom is -0.368 e. The van der Waals surface area contributed by atoms with Gasteiger partial charge in [-0.05, 0) is 82.8 Å². The lowest BCUT2D eigenvalue weighted by atomic mass is 9.93. The number of nitrogens with zero attached hydrogens (tertiary/aromatic N) is 3. The molecule has 4 heterocycles. The number of hydrogen-bond acceptors (Lipinski definition) is 6. The van der Waals surface area contributed by atoms with Crippen LogP contribution in [0.4, 0.5) is 11.4 Å². The molecule has 3 fully saturated rings.